The van der Waals surface area contributed by atoms with Crippen LogP contribution in [0.15, 0.2) is 49.1 Å². The van der Waals surface area contributed by atoms with Gasteiger partial charge in [0.05, 0.1) is 31.0 Å². The number of carbonyl (C=O) groups excluding carboxylic acids is 1. The number of aliphatic carboxylic acids is 2. The third kappa shape index (κ3) is 11.1. The molecule has 0 bridgehead atoms. The smallest absolute Gasteiger partial charge is 0.475 e. The molecule has 2 aromatic heterocycles. The second-order valence-corrected chi connectivity index (χ2v) is 8.78. The van der Waals surface area contributed by atoms with Crippen LogP contribution in [0.2, 0.25) is 0 Å². The highest BCUT2D eigenvalue weighted by molar-refractivity contribution is 5.90. The summed E-state index contributed by atoms with van der Waals surface area (Å²) in [4.78, 5) is 40.8. The van der Waals surface area contributed by atoms with Crippen LogP contribution in [-0.4, -0.2) is 81.1 Å². The number of anilines is 1. The number of fused-ring (bicyclic) bond motifs is 1. The Bertz CT molecular complexity index is 1080. The van der Waals surface area contributed by atoms with Crippen molar-refractivity contribution in [1.29, 1.82) is 0 Å². The third-order valence-electron chi connectivity index (χ3n) is 5.82. The van der Waals surface area contributed by atoms with Crippen LogP contribution in [-0.2, 0) is 25.7 Å². The molecule has 3 N–H and O–H groups in total. The molecule has 40 heavy (non-hydrogen) atoms. The summed E-state index contributed by atoms with van der Waals surface area (Å²) in [6.45, 7) is 3.75. The van der Waals surface area contributed by atoms with Crippen LogP contribution < -0.4 is 5.32 Å². The molecule has 0 unspecified atom stereocenters. The van der Waals surface area contributed by atoms with Gasteiger partial charge in [0, 0.05) is 37.6 Å². The molecule has 0 aromatic carbocycles. The lowest BCUT2D eigenvalue weighted by Crippen LogP contribution is -2.41. The maximum Gasteiger partial charge on any atom is 0.490 e. The molecule has 2 aromatic rings. The summed E-state index contributed by atoms with van der Waals surface area (Å²) >= 11 is 0. The Morgan fingerprint density at radius 3 is 2.05 bits per heavy atom. The molecule has 0 spiro atoms. The van der Waals surface area contributed by atoms with Gasteiger partial charge in [0.1, 0.15) is 0 Å². The Balaban J connectivity index is 0.000000333. The Morgan fingerprint density at radius 2 is 1.55 bits per heavy atom. The highest BCUT2D eigenvalue weighted by atomic mass is 19.4. The normalized spacial score (nSPS) is 20.6. The number of ether oxygens (including phenoxy) is 1. The summed E-state index contributed by atoms with van der Waals surface area (Å²) in [5, 5.41) is 17.2. The van der Waals surface area contributed by atoms with E-state index in [2.05, 4.69) is 26.3 Å². The largest absolute Gasteiger partial charge is 0.490 e. The Hall–Kier alpha value is -3.79. The first-order chi connectivity index (χ1) is 18.7. The van der Waals surface area contributed by atoms with Crippen LogP contribution >= 0.6 is 0 Å². The molecular weight excluding hydrogens is 554 g/mol. The van der Waals surface area contributed by atoms with Crippen LogP contribution in [0.3, 0.4) is 0 Å². The topological polar surface area (TPSA) is 142 Å². The number of nitrogens with zero attached hydrogens (tertiary/aromatic N) is 3. The zero-order valence-electron chi connectivity index (χ0n) is 20.7. The lowest BCUT2D eigenvalue weighted by atomic mass is 9.83. The molecule has 0 aliphatic carbocycles. The summed E-state index contributed by atoms with van der Waals surface area (Å²) in [6, 6.07) is 7.77. The number of carbonyl (C=O) groups is 3. The molecule has 2 fully saturated rings. The van der Waals surface area contributed by atoms with E-state index in [9.17, 15) is 31.1 Å². The molecule has 4 rings (SSSR count). The van der Waals surface area contributed by atoms with Crippen molar-refractivity contribution in [2.45, 2.75) is 37.8 Å². The van der Waals surface area contributed by atoms with Crippen molar-refractivity contribution in [2.24, 2.45) is 11.8 Å². The van der Waals surface area contributed by atoms with Gasteiger partial charge >= 0.3 is 24.3 Å². The van der Waals surface area contributed by atoms with E-state index in [0.717, 1.165) is 38.3 Å². The summed E-state index contributed by atoms with van der Waals surface area (Å²) < 4.78 is 69.5. The standard InChI is InChI=1S/C20H24N4O2.2C2HF3O2/c25-20(23-17-4-2-7-22-11-17)9-19-18-5-8-24(13-16(18)14-26-19)12-15-3-1-6-21-10-15;2*3-2(4,5)1(6)7/h1-4,6-7,10-11,16,18-19H,5,8-9,12-14H2,(H,23,25);2*(H,6,7)/t16-,18-,19+;;/m1../s1. The second kappa shape index (κ2) is 14.6. The van der Waals surface area contributed by atoms with Crippen molar-refractivity contribution in [3.05, 3.63) is 54.6 Å². The number of amides is 1. The van der Waals surface area contributed by atoms with Crippen LogP contribution in [0.5, 0.6) is 0 Å². The number of halogens is 6. The lowest BCUT2D eigenvalue weighted by Gasteiger charge is -2.35. The first kappa shape index (κ1) is 32.4. The van der Waals surface area contributed by atoms with Crippen molar-refractivity contribution in [3.63, 3.8) is 0 Å². The predicted molar refractivity (Wildman–Crippen MR) is 126 cm³/mol. The zero-order valence-corrected chi connectivity index (χ0v) is 20.7. The van der Waals surface area contributed by atoms with Crippen LogP contribution in [0.1, 0.15) is 18.4 Å². The number of aromatic nitrogens is 2. The molecule has 3 atom stereocenters. The van der Waals surface area contributed by atoms with Gasteiger partial charge in [0.25, 0.3) is 0 Å². The monoisotopic (exact) mass is 580 g/mol. The van der Waals surface area contributed by atoms with E-state index in [1.807, 2.05) is 30.6 Å². The van der Waals surface area contributed by atoms with E-state index in [4.69, 9.17) is 24.5 Å². The number of carboxylic acid groups (broad SMARTS) is 2. The Labute approximate surface area is 224 Å². The van der Waals surface area contributed by atoms with Crippen molar-refractivity contribution in [3.8, 4) is 0 Å². The van der Waals surface area contributed by atoms with E-state index < -0.39 is 24.3 Å². The van der Waals surface area contributed by atoms with Gasteiger partial charge in [-0.15, -0.1) is 0 Å². The summed E-state index contributed by atoms with van der Waals surface area (Å²) in [6.07, 6.45) is -1.55. The number of pyridine rings is 2. The average molecular weight is 580 g/mol. The van der Waals surface area contributed by atoms with Gasteiger partial charge in [0.2, 0.25) is 5.91 Å². The van der Waals surface area contributed by atoms with Crippen molar-refractivity contribution < 1.29 is 55.7 Å². The van der Waals surface area contributed by atoms with E-state index in [1.165, 1.54) is 5.56 Å². The Kier molecular flexibility index (Phi) is 11.8. The predicted octanol–water partition coefficient (Wildman–Crippen LogP) is 3.61. The van der Waals surface area contributed by atoms with Gasteiger partial charge in [0.15, 0.2) is 0 Å². The highest BCUT2D eigenvalue weighted by Gasteiger charge is 2.41. The number of alkyl halides is 6. The van der Waals surface area contributed by atoms with Gasteiger partial charge in [-0.05, 0) is 42.6 Å². The van der Waals surface area contributed by atoms with Crippen LogP contribution in [0, 0.1) is 11.8 Å². The minimum absolute atomic E-state index is 0.00133. The summed E-state index contributed by atoms with van der Waals surface area (Å²) in [5.41, 5.74) is 1.98. The lowest BCUT2D eigenvalue weighted by molar-refractivity contribution is -0.193. The van der Waals surface area contributed by atoms with Crippen molar-refractivity contribution in [2.75, 3.05) is 25.0 Å². The van der Waals surface area contributed by atoms with Gasteiger partial charge in [-0.3, -0.25) is 19.7 Å². The van der Waals surface area contributed by atoms with Gasteiger partial charge in [-0.25, -0.2) is 9.59 Å². The number of carboxylic acids is 2. The van der Waals surface area contributed by atoms with E-state index >= 15 is 0 Å². The third-order valence-corrected chi connectivity index (χ3v) is 5.82. The number of hydrogen-bond acceptors (Lipinski definition) is 7. The molecule has 2 aliphatic heterocycles. The maximum absolute atomic E-state index is 12.3. The molecule has 2 saturated heterocycles. The molecule has 2 aliphatic rings. The zero-order chi connectivity index (χ0) is 29.9. The minimum Gasteiger partial charge on any atom is -0.475 e. The average Bonchev–Trinajstić information content (AvgIpc) is 3.26. The number of nitrogens with one attached hydrogen (secondary N) is 1. The van der Waals surface area contributed by atoms with Crippen LogP contribution in [0.25, 0.3) is 0 Å². The summed E-state index contributed by atoms with van der Waals surface area (Å²) in [5.74, 6) is -4.53. The fourth-order valence-electron chi connectivity index (χ4n) is 4.10. The van der Waals surface area contributed by atoms with E-state index in [0.29, 0.717) is 18.3 Å². The van der Waals surface area contributed by atoms with E-state index in [-0.39, 0.29) is 12.0 Å². The Morgan fingerprint density at radius 1 is 0.975 bits per heavy atom. The quantitative estimate of drug-likeness (QED) is 0.452. The molecule has 220 valence electrons. The molecule has 4 heterocycles. The molecule has 1 amide bonds. The molecule has 0 radical (unpaired) electrons. The van der Waals surface area contributed by atoms with E-state index in [1.54, 1.807) is 12.4 Å². The first-order valence-corrected chi connectivity index (χ1v) is 11.7. The number of rotatable bonds is 5. The maximum atomic E-state index is 12.3. The van der Waals surface area contributed by atoms with Gasteiger partial charge < -0.3 is 20.3 Å². The van der Waals surface area contributed by atoms with Crippen LogP contribution in [0.4, 0.5) is 32.0 Å². The minimum atomic E-state index is -5.08. The molecular formula is C24H26F6N4O6. The fraction of sp³-hybridized carbons (Fsp3) is 0.458. The van der Waals surface area contributed by atoms with Gasteiger partial charge in [-0.2, -0.15) is 26.3 Å². The SMILES string of the molecule is O=C(C[C@@H]1OC[C@H]2CN(Cc3cccnc3)CC[C@H]21)Nc1cccnc1.O=C(O)C(F)(F)F.O=C(O)C(F)(F)F. The first-order valence-electron chi connectivity index (χ1n) is 11.7. The molecule has 0 saturated carbocycles. The highest BCUT2D eigenvalue weighted by Crippen LogP contribution is 2.36. The second-order valence-electron chi connectivity index (χ2n) is 8.78. The fourth-order valence-corrected chi connectivity index (χ4v) is 4.10. The molecule has 16 heteroatoms. The van der Waals surface area contributed by atoms with Crippen molar-refractivity contribution >= 4 is 23.5 Å². The number of piperidine rings is 1. The van der Waals surface area contributed by atoms with Crippen molar-refractivity contribution in [1.82, 2.24) is 14.9 Å². The molecule has 10 nitrogen and oxygen atoms in total. The summed E-state index contributed by atoms with van der Waals surface area (Å²) in [7, 11) is 0. The van der Waals surface area contributed by atoms with Gasteiger partial charge in [-0.1, -0.05) is 6.07 Å². The number of likely N-dealkylation sites (tertiary alicyclic amines) is 1. The number of hydrogen-bond donors (Lipinski definition) is 3.